The fraction of sp³-hybridized carbons (Fsp3) is 0.909. The molecule has 108 valence electrons. The Morgan fingerprint density at radius 3 is 2.68 bits per heavy atom. The lowest BCUT2D eigenvalue weighted by atomic mass is 10.1. The Morgan fingerprint density at radius 2 is 2.21 bits per heavy atom. The number of alkyl carbamates (subject to hydrolysis) is 1. The SMILES string of the molecule is CC(C)(C)OC(=O)N[C@@H]1C[C@H](CO)[C@H](O)[C@H]1N=[N+]=[N-]. The van der Waals surface area contributed by atoms with Crippen LogP contribution in [-0.4, -0.2) is 46.7 Å². The highest BCUT2D eigenvalue weighted by atomic mass is 16.6. The summed E-state index contributed by atoms with van der Waals surface area (Å²) in [4.78, 5) is 14.3. The van der Waals surface area contributed by atoms with Gasteiger partial charge in [-0.3, -0.25) is 0 Å². The van der Waals surface area contributed by atoms with Gasteiger partial charge in [0.2, 0.25) is 0 Å². The maximum absolute atomic E-state index is 11.7. The van der Waals surface area contributed by atoms with E-state index in [9.17, 15) is 9.90 Å². The average molecular weight is 272 g/mol. The summed E-state index contributed by atoms with van der Waals surface area (Å²) >= 11 is 0. The van der Waals surface area contributed by atoms with Crippen LogP contribution in [0.5, 0.6) is 0 Å². The van der Waals surface area contributed by atoms with Crippen LogP contribution in [0.25, 0.3) is 10.4 Å². The van der Waals surface area contributed by atoms with E-state index < -0.39 is 35.8 Å². The summed E-state index contributed by atoms with van der Waals surface area (Å²) in [6.07, 6.45) is -1.28. The first kappa shape index (κ1) is 15.6. The van der Waals surface area contributed by atoms with Gasteiger partial charge in [0.1, 0.15) is 5.60 Å². The molecule has 0 aromatic rings. The third-order valence-electron chi connectivity index (χ3n) is 2.92. The Morgan fingerprint density at radius 1 is 1.58 bits per heavy atom. The summed E-state index contributed by atoms with van der Waals surface area (Å²) in [5.74, 6) is -0.421. The minimum atomic E-state index is -0.971. The average Bonchev–Trinajstić information content (AvgIpc) is 2.55. The number of nitrogens with one attached hydrogen (secondary N) is 1. The van der Waals surface area contributed by atoms with Crippen LogP contribution in [-0.2, 0) is 4.74 Å². The van der Waals surface area contributed by atoms with Gasteiger partial charge in [-0.15, -0.1) is 0 Å². The van der Waals surface area contributed by atoms with Gasteiger partial charge in [-0.2, -0.15) is 0 Å². The summed E-state index contributed by atoms with van der Waals surface area (Å²) in [7, 11) is 0. The Balaban J connectivity index is 2.70. The first-order valence-electron chi connectivity index (χ1n) is 6.11. The van der Waals surface area contributed by atoms with Crippen LogP contribution < -0.4 is 5.32 Å². The molecule has 1 rings (SSSR count). The molecule has 0 aromatic heterocycles. The lowest BCUT2D eigenvalue weighted by molar-refractivity contribution is 0.0494. The van der Waals surface area contributed by atoms with E-state index in [4.69, 9.17) is 15.4 Å². The molecule has 1 amide bonds. The molecule has 0 aromatic carbocycles. The van der Waals surface area contributed by atoms with E-state index in [1.54, 1.807) is 20.8 Å². The van der Waals surface area contributed by atoms with E-state index in [0.29, 0.717) is 6.42 Å². The third kappa shape index (κ3) is 4.27. The molecule has 0 heterocycles. The zero-order chi connectivity index (χ0) is 14.6. The van der Waals surface area contributed by atoms with Crippen LogP contribution in [0.4, 0.5) is 4.79 Å². The van der Waals surface area contributed by atoms with Crippen LogP contribution in [0, 0.1) is 5.92 Å². The number of azide groups is 1. The third-order valence-corrected chi connectivity index (χ3v) is 2.92. The van der Waals surface area contributed by atoms with Crippen molar-refractivity contribution in [2.24, 2.45) is 11.0 Å². The summed E-state index contributed by atoms with van der Waals surface area (Å²) in [6.45, 7) is 4.97. The molecule has 1 aliphatic rings. The first-order chi connectivity index (χ1) is 8.78. The number of ether oxygens (including phenoxy) is 1. The second kappa shape index (κ2) is 6.10. The van der Waals surface area contributed by atoms with Crippen LogP contribution in [0.15, 0.2) is 5.11 Å². The number of hydrogen-bond acceptors (Lipinski definition) is 5. The van der Waals surface area contributed by atoms with Crippen LogP contribution in [0.3, 0.4) is 0 Å². The summed E-state index contributed by atoms with van der Waals surface area (Å²) in [5, 5.41) is 25.1. The number of amides is 1. The molecule has 0 unspecified atom stereocenters. The van der Waals surface area contributed by atoms with Crippen LogP contribution >= 0.6 is 0 Å². The van der Waals surface area contributed by atoms with Crippen LogP contribution in [0.1, 0.15) is 27.2 Å². The highest BCUT2D eigenvalue weighted by Crippen LogP contribution is 2.29. The Bertz CT molecular complexity index is 375. The minimum absolute atomic E-state index is 0.231. The van der Waals surface area contributed by atoms with Crippen molar-refractivity contribution in [3.63, 3.8) is 0 Å². The van der Waals surface area contributed by atoms with Crippen LogP contribution in [0.2, 0.25) is 0 Å². The number of aliphatic hydroxyl groups excluding tert-OH is 2. The summed E-state index contributed by atoms with van der Waals surface area (Å²) in [5.41, 5.74) is 7.85. The van der Waals surface area contributed by atoms with Gasteiger partial charge in [0.15, 0.2) is 0 Å². The van der Waals surface area contributed by atoms with Gasteiger partial charge < -0.3 is 20.3 Å². The quantitative estimate of drug-likeness (QED) is 0.401. The summed E-state index contributed by atoms with van der Waals surface area (Å²) < 4.78 is 5.10. The number of aliphatic hydroxyl groups is 2. The monoisotopic (exact) mass is 272 g/mol. The van der Waals surface area contributed by atoms with Crippen molar-refractivity contribution in [1.82, 2.24) is 5.32 Å². The number of rotatable bonds is 3. The van der Waals surface area contributed by atoms with Crippen molar-refractivity contribution in [3.8, 4) is 0 Å². The standard InChI is InChI=1S/C11H20N4O4/c1-11(2,3)19-10(18)13-7-4-6(5-16)9(17)8(7)14-15-12/h6-9,16-17H,4-5H2,1-3H3,(H,13,18)/t6-,7-,8+,9+/m1/s1. The van der Waals surface area contributed by atoms with E-state index in [1.807, 2.05) is 0 Å². The molecule has 19 heavy (non-hydrogen) atoms. The van der Waals surface area contributed by atoms with E-state index in [1.165, 1.54) is 0 Å². The van der Waals surface area contributed by atoms with E-state index in [0.717, 1.165) is 0 Å². The molecular weight excluding hydrogens is 252 g/mol. The van der Waals surface area contributed by atoms with Crippen molar-refractivity contribution >= 4 is 6.09 Å². The first-order valence-corrected chi connectivity index (χ1v) is 6.11. The number of carbonyl (C=O) groups is 1. The number of nitrogens with zero attached hydrogens (tertiary/aromatic N) is 3. The predicted octanol–water partition coefficient (Wildman–Crippen LogP) is 0.932. The van der Waals surface area contributed by atoms with E-state index >= 15 is 0 Å². The Kier molecular flexibility index (Phi) is 4.99. The topological polar surface area (TPSA) is 128 Å². The number of hydrogen-bond donors (Lipinski definition) is 3. The molecule has 0 saturated heterocycles. The van der Waals surface area contributed by atoms with Gasteiger partial charge >= 0.3 is 6.09 Å². The molecule has 8 heteroatoms. The van der Waals surface area contributed by atoms with Gasteiger partial charge in [-0.1, -0.05) is 5.11 Å². The molecule has 3 N–H and O–H groups in total. The van der Waals surface area contributed by atoms with Crippen molar-refractivity contribution in [2.45, 2.75) is 51.0 Å². The van der Waals surface area contributed by atoms with E-state index in [2.05, 4.69) is 15.3 Å². The van der Waals surface area contributed by atoms with Gasteiger partial charge in [0.05, 0.1) is 12.1 Å². The molecule has 0 spiro atoms. The molecule has 8 nitrogen and oxygen atoms in total. The maximum Gasteiger partial charge on any atom is 0.407 e. The van der Waals surface area contributed by atoms with Crippen molar-refractivity contribution < 1.29 is 19.7 Å². The Labute approximate surface area is 111 Å². The zero-order valence-electron chi connectivity index (χ0n) is 11.3. The normalized spacial score (nSPS) is 30.6. The number of carbonyl (C=O) groups excluding carboxylic acids is 1. The smallest absolute Gasteiger partial charge is 0.407 e. The minimum Gasteiger partial charge on any atom is -0.444 e. The second-order valence-corrected chi connectivity index (χ2v) is 5.62. The fourth-order valence-electron chi connectivity index (χ4n) is 2.12. The zero-order valence-corrected chi connectivity index (χ0v) is 11.3. The largest absolute Gasteiger partial charge is 0.444 e. The molecule has 4 atom stereocenters. The highest BCUT2D eigenvalue weighted by Gasteiger charge is 2.42. The molecule has 0 aliphatic heterocycles. The second-order valence-electron chi connectivity index (χ2n) is 5.62. The summed E-state index contributed by atoms with van der Waals surface area (Å²) in [6, 6.07) is -1.34. The molecule has 1 saturated carbocycles. The lowest BCUT2D eigenvalue weighted by Gasteiger charge is -2.23. The molecular formula is C11H20N4O4. The molecule has 1 fully saturated rings. The predicted molar refractivity (Wildman–Crippen MR) is 67.3 cm³/mol. The highest BCUT2D eigenvalue weighted by molar-refractivity contribution is 5.68. The van der Waals surface area contributed by atoms with Gasteiger partial charge in [-0.25, -0.2) is 4.79 Å². The van der Waals surface area contributed by atoms with Crippen molar-refractivity contribution in [1.29, 1.82) is 0 Å². The maximum atomic E-state index is 11.7. The fourth-order valence-corrected chi connectivity index (χ4v) is 2.12. The van der Waals surface area contributed by atoms with Gasteiger partial charge in [0.25, 0.3) is 0 Å². The lowest BCUT2D eigenvalue weighted by Crippen LogP contribution is -2.44. The molecule has 0 radical (unpaired) electrons. The molecule has 0 bridgehead atoms. The Hall–Kier alpha value is -1.50. The molecule has 1 aliphatic carbocycles. The van der Waals surface area contributed by atoms with Crippen molar-refractivity contribution in [2.75, 3.05) is 6.61 Å². The van der Waals surface area contributed by atoms with Gasteiger partial charge in [0, 0.05) is 23.5 Å². The van der Waals surface area contributed by atoms with Gasteiger partial charge in [-0.05, 0) is 32.7 Å². The van der Waals surface area contributed by atoms with Crippen molar-refractivity contribution in [3.05, 3.63) is 10.4 Å². The van der Waals surface area contributed by atoms with E-state index in [-0.39, 0.29) is 6.61 Å².